The number of hydrogen-bond donors (Lipinski definition) is 2. The van der Waals surface area contributed by atoms with Crippen LogP contribution in [0.15, 0.2) is 36.4 Å². The van der Waals surface area contributed by atoms with Gasteiger partial charge in [-0.3, -0.25) is 4.79 Å². The van der Waals surface area contributed by atoms with Gasteiger partial charge in [0, 0.05) is 27.7 Å². The van der Waals surface area contributed by atoms with Crippen molar-refractivity contribution in [1.29, 1.82) is 0 Å². The predicted molar refractivity (Wildman–Crippen MR) is 83.0 cm³/mol. The molecule has 0 radical (unpaired) electrons. The third-order valence-corrected chi connectivity index (χ3v) is 4.19. The van der Waals surface area contributed by atoms with Crippen LogP contribution in [0.1, 0.15) is 33.2 Å². The van der Waals surface area contributed by atoms with E-state index < -0.39 is 6.10 Å². The van der Waals surface area contributed by atoms with Gasteiger partial charge in [0.05, 0.1) is 0 Å². The topological polar surface area (TPSA) is 49.3 Å². The summed E-state index contributed by atoms with van der Waals surface area (Å²) in [4.78, 5) is 11.9. The van der Waals surface area contributed by atoms with Crippen molar-refractivity contribution in [3.63, 3.8) is 0 Å². The number of hydrogen-bond acceptors (Lipinski definition) is 2. The number of carbonyl (C=O) groups excluding carboxylic acids is 1. The zero-order chi connectivity index (χ0) is 15.0. The second-order valence-electron chi connectivity index (χ2n) is 4.99. The second-order valence-corrected chi connectivity index (χ2v) is 5.83. The number of benzene rings is 2. The molecule has 0 fully saturated rings. The highest BCUT2D eigenvalue weighted by Crippen LogP contribution is 2.31. The van der Waals surface area contributed by atoms with Gasteiger partial charge in [0.15, 0.2) is 0 Å². The van der Waals surface area contributed by atoms with E-state index in [1.54, 1.807) is 24.3 Å². The fourth-order valence-corrected chi connectivity index (χ4v) is 3.01. The summed E-state index contributed by atoms with van der Waals surface area (Å²) in [5.74, 6) is -0.104. The highest BCUT2D eigenvalue weighted by Gasteiger charge is 2.20. The molecule has 108 valence electrons. The maximum absolute atomic E-state index is 11.9. The minimum Gasteiger partial charge on any atom is -0.384 e. The van der Waals surface area contributed by atoms with Crippen LogP contribution in [0.5, 0.6) is 0 Å². The monoisotopic (exact) mass is 321 g/mol. The first-order valence-corrected chi connectivity index (χ1v) is 7.36. The molecule has 1 amide bonds. The molecular formula is C16H13Cl2NO2. The van der Waals surface area contributed by atoms with Crippen LogP contribution in [-0.4, -0.2) is 17.6 Å². The van der Waals surface area contributed by atoms with E-state index in [0.717, 1.165) is 12.0 Å². The molecule has 0 bridgehead atoms. The highest BCUT2D eigenvalue weighted by atomic mass is 35.5. The van der Waals surface area contributed by atoms with Crippen molar-refractivity contribution in [2.24, 2.45) is 0 Å². The molecule has 3 nitrogen and oxygen atoms in total. The summed E-state index contributed by atoms with van der Waals surface area (Å²) >= 11 is 12.0. The normalized spacial score (nSPS) is 15.3. The van der Waals surface area contributed by atoms with Crippen molar-refractivity contribution in [1.82, 2.24) is 5.32 Å². The minimum absolute atomic E-state index is 0.104. The van der Waals surface area contributed by atoms with Gasteiger partial charge in [-0.2, -0.15) is 0 Å². The average Bonchev–Trinajstić information content (AvgIpc) is 2.47. The number of rotatable bonds is 2. The Kier molecular flexibility index (Phi) is 3.89. The van der Waals surface area contributed by atoms with Gasteiger partial charge in [-0.15, -0.1) is 0 Å². The maximum atomic E-state index is 11.9. The Labute approximate surface area is 132 Å². The van der Waals surface area contributed by atoms with Crippen LogP contribution in [0.4, 0.5) is 0 Å². The number of amides is 1. The Morgan fingerprint density at radius 1 is 1.14 bits per heavy atom. The molecule has 1 aliphatic heterocycles. The first-order valence-electron chi connectivity index (χ1n) is 6.60. The first-order chi connectivity index (χ1) is 10.1. The lowest BCUT2D eigenvalue weighted by Crippen LogP contribution is -2.31. The Bertz CT molecular complexity index is 715. The van der Waals surface area contributed by atoms with Crippen molar-refractivity contribution in [2.45, 2.75) is 12.5 Å². The van der Waals surface area contributed by atoms with Gasteiger partial charge >= 0.3 is 0 Å². The smallest absolute Gasteiger partial charge is 0.251 e. The van der Waals surface area contributed by atoms with Crippen LogP contribution in [-0.2, 0) is 6.42 Å². The molecule has 1 unspecified atom stereocenters. The largest absolute Gasteiger partial charge is 0.384 e. The molecule has 0 saturated heterocycles. The summed E-state index contributed by atoms with van der Waals surface area (Å²) in [6.45, 7) is 0.650. The molecule has 2 aromatic carbocycles. The maximum Gasteiger partial charge on any atom is 0.251 e. The van der Waals surface area contributed by atoms with Gasteiger partial charge in [0.2, 0.25) is 0 Å². The molecule has 0 spiro atoms. The quantitative estimate of drug-likeness (QED) is 0.891. The van der Waals surface area contributed by atoms with Crippen molar-refractivity contribution in [3.8, 4) is 0 Å². The Morgan fingerprint density at radius 2 is 1.95 bits per heavy atom. The van der Waals surface area contributed by atoms with Crippen LogP contribution in [0.2, 0.25) is 10.0 Å². The summed E-state index contributed by atoms with van der Waals surface area (Å²) in [6, 6.07) is 10.4. The summed E-state index contributed by atoms with van der Waals surface area (Å²) in [5.41, 5.74) is 2.81. The van der Waals surface area contributed by atoms with E-state index in [4.69, 9.17) is 23.2 Å². The van der Waals surface area contributed by atoms with Gasteiger partial charge in [-0.1, -0.05) is 41.4 Å². The fourth-order valence-electron chi connectivity index (χ4n) is 2.50. The summed E-state index contributed by atoms with van der Waals surface area (Å²) in [7, 11) is 0. The highest BCUT2D eigenvalue weighted by molar-refractivity contribution is 6.35. The molecular weight excluding hydrogens is 309 g/mol. The molecule has 2 N–H and O–H groups in total. The molecule has 5 heteroatoms. The van der Waals surface area contributed by atoms with E-state index in [1.165, 1.54) is 0 Å². The van der Waals surface area contributed by atoms with Crippen LogP contribution in [0, 0.1) is 0 Å². The third-order valence-electron chi connectivity index (χ3n) is 3.63. The minimum atomic E-state index is -0.894. The van der Waals surface area contributed by atoms with Crippen LogP contribution < -0.4 is 5.32 Å². The average molecular weight is 322 g/mol. The lowest BCUT2D eigenvalue weighted by atomic mass is 9.94. The molecule has 0 saturated carbocycles. The van der Waals surface area contributed by atoms with Crippen molar-refractivity contribution >= 4 is 29.1 Å². The summed E-state index contributed by atoms with van der Waals surface area (Å²) in [5, 5.41) is 14.2. The Balaban J connectivity index is 2.00. The molecule has 0 aliphatic carbocycles. The van der Waals surface area contributed by atoms with E-state index >= 15 is 0 Å². The van der Waals surface area contributed by atoms with E-state index in [9.17, 15) is 9.90 Å². The van der Waals surface area contributed by atoms with E-state index in [-0.39, 0.29) is 5.91 Å². The zero-order valence-electron chi connectivity index (χ0n) is 11.1. The van der Waals surface area contributed by atoms with Crippen molar-refractivity contribution in [3.05, 3.63) is 68.7 Å². The van der Waals surface area contributed by atoms with Crippen LogP contribution in [0.3, 0.4) is 0 Å². The molecule has 3 rings (SSSR count). The fraction of sp³-hybridized carbons (Fsp3) is 0.188. The summed E-state index contributed by atoms with van der Waals surface area (Å²) in [6.07, 6.45) is -0.0890. The van der Waals surface area contributed by atoms with Gasteiger partial charge in [0.25, 0.3) is 5.91 Å². The first kappa shape index (κ1) is 14.4. The van der Waals surface area contributed by atoms with Crippen LogP contribution >= 0.6 is 23.2 Å². The number of aliphatic hydroxyl groups excluding tert-OH is 1. The molecule has 1 aliphatic rings. The lowest BCUT2D eigenvalue weighted by Gasteiger charge is -2.19. The van der Waals surface area contributed by atoms with E-state index in [1.807, 2.05) is 12.1 Å². The van der Waals surface area contributed by atoms with Crippen molar-refractivity contribution < 1.29 is 9.90 Å². The number of halogens is 2. The molecule has 1 heterocycles. The van der Waals surface area contributed by atoms with Gasteiger partial charge in [0.1, 0.15) is 6.10 Å². The molecule has 2 aromatic rings. The van der Waals surface area contributed by atoms with Gasteiger partial charge < -0.3 is 10.4 Å². The SMILES string of the molecule is O=C1NCCc2ccc(C(O)c3ccc(Cl)cc3Cl)cc21. The van der Waals surface area contributed by atoms with E-state index in [0.29, 0.717) is 33.3 Å². The van der Waals surface area contributed by atoms with Gasteiger partial charge in [-0.25, -0.2) is 0 Å². The zero-order valence-corrected chi connectivity index (χ0v) is 12.6. The Morgan fingerprint density at radius 3 is 2.71 bits per heavy atom. The number of nitrogens with one attached hydrogen (secondary N) is 1. The van der Waals surface area contributed by atoms with Crippen LogP contribution in [0.25, 0.3) is 0 Å². The molecule has 21 heavy (non-hydrogen) atoms. The number of fused-ring (bicyclic) bond motifs is 1. The standard InChI is InChI=1S/C16H13Cl2NO2/c17-11-3-4-12(14(18)8-11)15(20)10-2-1-9-5-6-19-16(21)13(9)7-10/h1-4,7-8,15,20H,5-6H2,(H,19,21). The number of aliphatic hydroxyl groups is 1. The number of carbonyl (C=O) groups is 1. The molecule has 0 aromatic heterocycles. The molecule has 1 atom stereocenters. The lowest BCUT2D eigenvalue weighted by molar-refractivity contribution is 0.0945. The van der Waals surface area contributed by atoms with E-state index in [2.05, 4.69) is 5.32 Å². The predicted octanol–water partition coefficient (Wildman–Crippen LogP) is 3.36. The van der Waals surface area contributed by atoms with Crippen molar-refractivity contribution in [2.75, 3.05) is 6.54 Å². The Hall–Kier alpha value is -1.55. The second kappa shape index (κ2) is 5.68. The van der Waals surface area contributed by atoms with Gasteiger partial charge in [-0.05, 0) is 35.7 Å². The summed E-state index contributed by atoms with van der Waals surface area (Å²) < 4.78 is 0. The third kappa shape index (κ3) is 2.77.